The van der Waals surface area contributed by atoms with Crippen molar-refractivity contribution in [3.63, 3.8) is 0 Å². The molecular formula is C16H22O5. The topological polar surface area (TPSA) is 61.8 Å². The molecule has 0 aromatic carbocycles. The predicted molar refractivity (Wildman–Crippen MR) is 77.3 cm³/mol. The molecule has 116 valence electrons. The van der Waals surface area contributed by atoms with Gasteiger partial charge in [-0.15, -0.1) is 5.92 Å². The molecule has 21 heavy (non-hydrogen) atoms. The monoisotopic (exact) mass is 294 g/mol. The van der Waals surface area contributed by atoms with E-state index in [0.29, 0.717) is 0 Å². The van der Waals surface area contributed by atoms with Crippen molar-refractivity contribution in [1.82, 2.24) is 0 Å². The first-order valence-electron chi connectivity index (χ1n) is 7.15. The van der Waals surface area contributed by atoms with Crippen molar-refractivity contribution in [2.75, 3.05) is 6.61 Å². The Morgan fingerprint density at radius 2 is 2.00 bits per heavy atom. The third-order valence-electron chi connectivity index (χ3n) is 2.82. The number of hydrogen-bond donors (Lipinski definition) is 0. The fraction of sp³-hybridized carbons (Fsp3) is 0.625. The van der Waals surface area contributed by atoms with Crippen LogP contribution in [0.1, 0.15) is 40.0 Å². The van der Waals surface area contributed by atoms with Crippen molar-refractivity contribution in [1.29, 1.82) is 0 Å². The summed E-state index contributed by atoms with van der Waals surface area (Å²) in [6, 6.07) is 0. The molecule has 0 amide bonds. The van der Waals surface area contributed by atoms with Gasteiger partial charge in [0.2, 0.25) is 0 Å². The molecule has 0 bridgehead atoms. The Balaban J connectivity index is 2.65. The summed E-state index contributed by atoms with van der Waals surface area (Å²) < 4.78 is 15.8. The van der Waals surface area contributed by atoms with E-state index in [1.807, 2.05) is 0 Å². The third kappa shape index (κ3) is 6.96. The van der Waals surface area contributed by atoms with Crippen molar-refractivity contribution in [2.24, 2.45) is 0 Å². The molecule has 0 unspecified atom stereocenters. The zero-order chi connectivity index (χ0) is 15.7. The summed E-state index contributed by atoms with van der Waals surface area (Å²) in [6.45, 7) is 4.79. The maximum Gasteiger partial charge on any atom is 0.303 e. The van der Waals surface area contributed by atoms with Gasteiger partial charge in [-0.05, 0) is 18.6 Å². The molecule has 0 aliphatic carbocycles. The fourth-order valence-corrected chi connectivity index (χ4v) is 1.81. The molecule has 0 aromatic heterocycles. The highest BCUT2D eigenvalue weighted by Gasteiger charge is 2.29. The number of hydrogen-bond acceptors (Lipinski definition) is 5. The van der Waals surface area contributed by atoms with Gasteiger partial charge >= 0.3 is 11.9 Å². The van der Waals surface area contributed by atoms with E-state index in [4.69, 9.17) is 14.2 Å². The predicted octanol–water partition coefficient (Wildman–Crippen LogP) is 2.00. The molecule has 0 saturated carbocycles. The molecule has 3 atom stereocenters. The van der Waals surface area contributed by atoms with Crippen LogP contribution in [0.15, 0.2) is 12.2 Å². The molecule has 0 saturated heterocycles. The highest BCUT2D eigenvalue weighted by Crippen LogP contribution is 2.17. The van der Waals surface area contributed by atoms with E-state index in [1.54, 1.807) is 12.2 Å². The van der Waals surface area contributed by atoms with Crippen LogP contribution < -0.4 is 0 Å². The molecule has 0 spiro atoms. The summed E-state index contributed by atoms with van der Waals surface area (Å²) in [6.07, 6.45) is 5.01. The summed E-state index contributed by atoms with van der Waals surface area (Å²) in [7, 11) is 0. The molecule has 1 rings (SSSR count). The van der Waals surface area contributed by atoms with Crippen LogP contribution in [0.4, 0.5) is 0 Å². The van der Waals surface area contributed by atoms with E-state index >= 15 is 0 Å². The van der Waals surface area contributed by atoms with Crippen molar-refractivity contribution >= 4 is 11.9 Å². The van der Waals surface area contributed by atoms with Crippen LogP contribution in [0, 0.1) is 11.8 Å². The maximum atomic E-state index is 11.1. The van der Waals surface area contributed by atoms with Crippen LogP contribution in [0.2, 0.25) is 0 Å². The SMILES string of the molecule is CCCCC#C[C@@H]1C=C[C@H](OC(C)=O)[C@@H](COC(C)=O)O1. The Labute approximate surface area is 125 Å². The number of ether oxygens (including phenoxy) is 3. The fourth-order valence-electron chi connectivity index (χ4n) is 1.81. The lowest BCUT2D eigenvalue weighted by atomic mass is 10.1. The lowest BCUT2D eigenvalue weighted by molar-refractivity contribution is -0.161. The summed E-state index contributed by atoms with van der Waals surface area (Å²) >= 11 is 0. The second kappa shape index (κ2) is 9.19. The van der Waals surface area contributed by atoms with Crippen molar-refractivity contribution in [2.45, 2.75) is 58.3 Å². The summed E-state index contributed by atoms with van der Waals surface area (Å²) in [5.41, 5.74) is 0. The minimum atomic E-state index is -0.560. The summed E-state index contributed by atoms with van der Waals surface area (Å²) in [4.78, 5) is 22.0. The van der Waals surface area contributed by atoms with Gasteiger partial charge in [0.15, 0.2) is 0 Å². The molecule has 5 nitrogen and oxygen atoms in total. The van der Waals surface area contributed by atoms with Crippen molar-refractivity contribution < 1.29 is 23.8 Å². The van der Waals surface area contributed by atoms with E-state index < -0.39 is 24.1 Å². The molecular weight excluding hydrogens is 272 g/mol. The molecule has 1 aliphatic heterocycles. The number of esters is 2. The Morgan fingerprint density at radius 3 is 2.62 bits per heavy atom. The van der Waals surface area contributed by atoms with Gasteiger partial charge in [0.25, 0.3) is 0 Å². The minimum absolute atomic E-state index is 0.0325. The largest absolute Gasteiger partial charge is 0.463 e. The lowest BCUT2D eigenvalue weighted by Crippen LogP contribution is -2.41. The first kappa shape index (κ1) is 17.3. The lowest BCUT2D eigenvalue weighted by Gasteiger charge is -2.29. The molecule has 0 fully saturated rings. The Morgan fingerprint density at radius 1 is 1.24 bits per heavy atom. The van der Waals surface area contributed by atoms with Gasteiger partial charge in [-0.3, -0.25) is 9.59 Å². The smallest absolute Gasteiger partial charge is 0.303 e. The zero-order valence-corrected chi connectivity index (χ0v) is 12.8. The van der Waals surface area contributed by atoms with Gasteiger partial charge in [0, 0.05) is 20.3 Å². The maximum absolute atomic E-state index is 11.1. The van der Waals surface area contributed by atoms with Crippen LogP contribution >= 0.6 is 0 Å². The van der Waals surface area contributed by atoms with Gasteiger partial charge in [-0.2, -0.15) is 0 Å². The van der Waals surface area contributed by atoms with Gasteiger partial charge in [0.1, 0.15) is 24.9 Å². The van der Waals surface area contributed by atoms with Crippen LogP contribution in [0.3, 0.4) is 0 Å². The van der Waals surface area contributed by atoms with Gasteiger partial charge in [0.05, 0.1) is 0 Å². The van der Waals surface area contributed by atoms with Crippen LogP contribution in [0.5, 0.6) is 0 Å². The normalized spacial score (nSPS) is 23.9. The minimum Gasteiger partial charge on any atom is -0.463 e. The number of unbranched alkanes of at least 4 members (excludes halogenated alkanes) is 2. The van der Waals surface area contributed by atoms with Gasteiger partial charge in [-0.1, -0.05) is 19.3 Å². The first-order chi connectivity index (χ1) is 10.0. The number of carbonyl (C=O) groups excluding carboxylic acids is 2. The Hall–Kier alpha value is -1.80. The quantitative estimate of drug-likeness (QED) is 0.336. The highest BCUT2D eigenvalue weighted by molar-refractivity contribution is 5.66. The van der Waals surface area contributed by atoms with Crippen molar-refractivity contribution in [3.05, 3.63) is 12.2 Å². The number of rotatable bonds is 5. The van der Waals surface area contributed by atoms with E-state index in [1.165, 1.54) is 13.8 Å². The molecule has 1 aliphatic rings. The molecule has 0 N–H and O–H groups in total. The first-order valence-corrected chi connectivity index (χ1v) is 7.15. The van der Waals surface area contributed by atoms with E-state index in [-0.39, 0.29) is 12.7 Å². The average Bonchev–Trinajstić information content (AvgIpc) is 2.42. The van der Waals surface area contributed by atoms with E-state index in [2.05, 4.69) is 18.8 Å². The molecule has 0 aromatic rings. The standard InChI is InChI=1S/C16H22O5/c1-4-5-6-7-8-14-9-10-15(20-13(3)18)16(21-14)11-19-12(2)17/h9-10,14-16H,4-6,11H2,1-3H3/t14-,15+,16-/m1/s1. The third-order valence-corrected chi connectivity index (χ3v) is 2.82. The van der Waals surface area contributed by atoms with E-state index in [0.717, 1.165) is 19.3 Å². The Kier molecular flexibility index (Phi) is 7.55. The summed E-state index contributed by atoms with van der Waals surface area (Å²) in [5, 5.41) is 0. The van der Waals surface area contributed by atoms with Crippen LogP contribution in [-0.2, 0) is 23.8 Å². The molecule has 5 heteroatoms. The molecule has 1 heterocycles. The second-order valence-electron chi connectivity index (χ2n) is 4.78. The molecule has 0 radical (unpaired) electrons. The number of carbonyl (C=O) groups is 2. The average molecular weight is 294 g/mol. The highest BCUT2D eigenvalue weighted by atomic mass is 16.6. The van der Waals surface area contributed by atoms with Gasteiger partial charge in [-0.25, -0.2) is 0 Å². The van der Waals surface area contributed by atoms with E-state index in [9.17, 15) is 9.59 Å². The second-order valence-corrected chi connectivity index (χ2v) is 4.78. The van der Waals surface area contributed by atoms with Crippen LogP contribution in [0.25, 0.3) is 0 Å². The van der Waals surface area contributed by atoms with Gasteiger partial charge < -0.3 is 14.2 Å². The van der Waals surface area contributed by atoms with Crippen LogP contribution in [-0.4, -0.2) is 36.9 Å². The summed E-state index contributed by atoms with van der Waals surface area (Å²) in [5.74, 6) is 5.25. The van der Waals surface area contributed by atoms with Crippen molar-refractivity contribution in [3.8, 4) is 11.8 Å². The Bertz CT molecular complexity index is 443. The zero-order valence-electron chi connectivity index (χ0n) is 12.8.